The SMILES string of the molecule is CCc1cnc(CCNC(=NC)NCCc2ccc(I)s2)s1.I. The van der Waals surface area contributed by atoms with Crippen molar-refractivity contribution in [3.8, 4) is 0 Å². The summed E-state index contributed by atoms with van der Waals surface area (Å²) in [6, 6.07) is 4.35. The van der Waals surface area contributed by atoms with E-state index in [0.29, 0.717) is 0 Å². The van der Waals surface area contributed by atoms with E-state index in [9.17, 15) is 0 Å². The molecule has 0 aromatic carbocycles. The normalized spacial score (nSPS) is 11.2. The fourth-order valence-electron chi connectivity index (χ4n) is 1.93. The van der Waals surface area contributed by atoms with E-state index in [-0.39, 0.29) is 24.0 Å². The number of hydrogen-bond donors (Lipinski definition) is 2. The molecule has 0 aliphatic heterocycles. The standard InChI is InChI=1S/C15H21IN4S2.HI/c1-3-11-10-20-14(22-11)7-9-19-15(17-2)18-8-6-12-4-5-13(16)21-12;/h4-5,10H,3,6-9H2,1-2H3,(H2,17,18,19);1H. The van der Waals surface area contributed by atoms with Gasteiger partial charge in [0.1, 0.15) is 0 Å². The van der Waals surface area contributed by atoms with Gasteiger partial charge >= 0.3 is 0 Å². The van der Waals surface area contributed by atoms with E-state index in [4.69, 9.17) is 0 Å². The van der Waals surface area contributed by atoms with Crippen molar-refractivity contribution in [3.05, 3.63) is 36.0 Å². The van der Waals surface area contributed by atoms with Crippen LogP contribution in [0.5, 0.6) is 0 Å². The lowest BCUT2D eigenvalue weighted by Crippen LogP contribution is -2.39. The van der Waals surface area contributed by atoms with Crippen molar-refractivity contribution < 1.29 is 0 Å². The number of halogens is 2. The molecule has 0 atom stereocenters. The molecule has 23 heavy (non-hydrogen) atoms. The van der Waals surface area contributed by atoms with Gasteiger partial charge in [-0.1, -0.05) is 6.92 Å². The first-order chi connectivity index (χ1) is 10.7. The molecule has 0 radical (unpaired) electrons. The van der Waals surface area contributed by atoms with Crippen molar-refractivity contribution in [2.75, 3.05) is 20.1 Å². The molecule has 8 heteroatoms. The number of nitrogens with zero attached hydrogens (tertiary/aromatic N) is 2. The number of nitrogens with one attached hydrogen (secondary N) is 2. The number of aryl methyl sites for hydroxylation is 1. The Bertz CT molecular complexity index is 610. The van der Waals surface area contributed by atoms with Crippen LogP contribution in [-0.4, -0.2) is 31.1 Å². The zero-order chi connectivity index (χ0) is 15.8. The topological polar surface area (TPSA) is 49.3 Å². The van der Waals surface area contributed by atoms with Crippen LogP contribution < -0.4 is 10.6 Å². The molecule has 0 fully saturated rings. The van der Waals surface area contributed by atoms with Gasteiger partial charge < -0.3 is 10.6 Å². The third-order valence-corrected chi connectivity index (χ3v) is 6.25. The van der Waals surface area contributed by atoms with Crippen LogP contribution in [0, 0.1) is 2.88 Å². The molecule has 0 aliphatic carbocycles. The highest BCUT2D eigenvalue weighted by atomic mass is 127. The van der Waals surface area contributed by atoms with Gasteiger partial charge in [0.05, 0.1) is 7.89 Å². The Hall–Kier alpha value is 0.0600. The highest BCUT2D eigenvalue weighted by molar-refractivity contribution is 14.1. The van der Waals surface area contributed by atoms with Gasteiger partial charge in [0.2, 0.25) is 0 Å². The second-order valence-corrected chi connectivity index (χ2v) is 8.97. The zero-order valence-corrected chi connectivity index (χ0v) is 19.4. The maximum absolute atomic E-state index is 4.43. The van der Waals surface area contributed by atoms with Crippen molar-refractivity contribution in [1.29, 1.82) is 0 Å². The maximum Gasteiger partial charge on any atom is 0.191 e. The third kappa shape index (κ3) is 7.65. The fraction of sp³-hybridized carbons (Fsp3) is 0.467. The van der Waals surface area contributed by atoms with Crippen molar-refractivity contribution in [1.82, 2.24) is 15.6 Å². The van der Waals surface area contributed by atoms with Crippen LogP contribution in [0.1, 0.15) is 21.7 Å². The lowest BCUT2D eigenvalue weighted by atomic mass is 10.3. The second kappa shape index (κ2) is 11.6. The summed E-state index contributed by atoms with van der Waals surface area (Å²) in [5.74, 6) is 0.860. The molecule has 0 saturated carbocycles. The first-order valence-corrected chi connectivity index (χ1v) is 10.0. The minimum atomic E-state index is 0. The van der Waals surface area contributed by atoms with E-state index in [0.717, 1.165) is 38.3 Å². The highest BCUT2D eigenvalue weighted by Crippen LogP contribution is 2.18. The van der Waals surface area contributed by atoms with E-state index >= 15 is 0 Å². The maximum atomic E-state index is 4.43. The van der Waals surface area contributed by atoms with Gasteiger partial charge in [0, 0.05) is 42.5 Å². The first kappa shape index (κ1) is 21.1. The van der Waals surface area contributed by atoms with E-state index < -0.39 is 0 Å². The molecule has 2 aromatic rings. The monoisotopic (exact) mass is 576 g/mol. The van der Waals surface area contributed by atoms with E-state index in [1.165, 1.54) is 17.6 Å². The second-order valence-electron chi connectivity index (χ2n) is 4.71. The van der Waals surface area contributed by atoms with Gasteiger partial charge in [0.15, 0.2) is 5.96 Å². The summed E-state index contributed by atoms with van der Waals surface area (Å²) in [5.41, 5.74) is 0. The number of hydrogen-bond acceptors (Lipinski definition) is 4. The summed E-state index contributed by atoms with van der Waals surface area (Å²) in [6.07, 6.45) is 5.01. The molecular weight excluding hydrogens is 554 g/mol. The molecule has 0 amide bonds. The van der Waals surface area contributed by atoms with Crippen LogP contribution in [-0.2, 0) is 19.3 Å². The average molecular weight is 576 g/mol. The summed E-state index contributed by atoms with van der Waals surface area (Å²) in [5, 5.41) is 7.89. The van der Waals surface area contributed by atoms with Crippen LogP contribution in [0.2, 0.25) is 0 Å². The summed E-state index contributed by atoms with van der Waals surface area (Å²) < 4.78 is 1.34. The van der Waals surface area contributed by atoms with E-state index in [2.05, 4.69) is 62.3 Å². The Morgan fingerprint density at radius 3 is 2.48 bits per heavy atom. The Morgan fingerprint density at radius 1 is 1.17 bits per heavy atom. The number of guanidine groups is 1. The van der Waals surface area contributed by atoms with Crippen LogP contribution in [0.4, 0.5) is 0 Å². The fourth-order valence-corrected chi connectivity index (χ4v) is 4.54. The van der Waals surface area contributed by atoms with Crippen molar-refractivity contribution in [3.63, 3.8) is 0 Å². The van der Waals surface area contributed by atoms with Gasteiger partial charge in [0.25, 0.3) is 0 Å². The van der Waals surface area contributed by atoms with Crippen LogP contribution >= 0.6 is 69.2 Å². The van der Waals surface area contributed by atoms with Gasteiger partial charge in [-0.2, -0.15) is 0 Å². The van der Waals surface area contributed by atoms with Crippen molar-refractivity contribution in [2.24, 2.45) is 4.99 Å². The van der Waals surface area contributed by atoms with Gasteiger partial charge in [-0.05, 0) is 47.6 Å². The molecule has 0 aliphatic rings. The van der Waals surface area contributed by atoms with Crippen molar-refractivity contribution >= 4 is 75.2 Å². The summed E-state index contributed by atoms with van der Waals surface area (Å²) in [6.45, 7) is 3.91. The molecule has 2 aromatic heterocycles. The predicted molar refractivity (Wildman–Crippen MR) is 121 cm³/mol. The minimum absolute atomic E-state index is 0. The van der Waals surface area contributed by atoms with E-state index in [1.54, 1.807) is 11.3 Å². The molecule has 2 heterocycles. The Labute approximate surface area is 176 Å². The number of thiophene rings is 1. The molecule has 0 saturated heterocycles. The third-order valence-electron chi connectivity index (χ3n) is 3.10. The van der Waals surface area contributed by atoms with Crippen LogP contribution in [0.25, 0.3) is 0 Å². The summed E-state index contributed by atoms with van der Waals surface area (Å²) in [7, 11) is 1.81. The number of aliphatic imine (C=N–C) groups is 1. The summed E-state index contributed by atoms with van der Waals surface area (Å²) in [4.78, 5) is 11.4. The quantitative estimate of drug-likeness (QED) is 0.299. The lowest BCUT2D eigenvalue weighted by Gasteiger charge is -2.10. The molecule has 4 nitrogen and oxygen atoms in total. The Kier molecular flexibility index (Phi) is 10.6. The largest absolute Gasteiger partial charge is 0.356 e. The molecule has 2 rings (SSSR count). The lowest BCUT2D eigenvalue weighted by molar-refractivity contribution is 0.785. The molecule has 0 spiro atoms. The van der Waals surface area contributed by atoms with Gasteiger partial charge in [-0.25, -0.2) is 4.98 Å². The zero-order valence-electron chi connectivity index (χ0n) is 13.3. The molecule has 0 unspecified atom stereocenters. The number of rotatable bonds is 7. The molecular formula is C15H22I2N4S2. The smallest absolute Gasteiger partial charge is 0.191 e. The first-order valence-electron chi connectivity index (χ1n) is 7.33. The van der Waals surface area contributed by atoms with Crippen LogP contribution in [0.3, 0.4) is 0 Å². The predicted octanol–water partition coefficient (Wildman–Crippen LogP) is 3.94. The van der Waals surface area contributed by atoms with Gasteiger partial charge in [-0.15, -0.1) is 46.7 Å². The Balaban J connectivity index is 0.00000264. The van der Waals surface area contributed by atoms with Crippen LogP contribution in [0.15, 0.2) is 23.3 Å². The van der Waals surface area contributed by atoms with E-state index in [1.807, 2.05) is 24.6 Å². The minimum Gasteiger partial charge on any atom is -0.356 e. The Morgan fingerprint density at radius 2 is 1.91 bits per heavy atom. The molecule has 2 N–H and O–H groups in total. The molecule has 128 valence electrons. The average Bonchev–Trinajstić information content (AvgIpc) is 3.14. The highest BCUT2D eigenvalue weighted by Gasteiger charge is 2.02. The van der Waals surface area contributed by atoms with Gasteiger partial charge in [-0.3, -0.25) is 4.99 Å². The molecule has 0 bridgehead atoms. The number of aromatic nitrogens is 1. The number of thiazole rings is 1. The summed E-state index contributed by atoms with van der Waals surface area (Å²) >= 11 is 6.00. The van der Waals surface area contributed by atoms with Crippen molar-refractivity contribution in [2.45, 2.75) is 26.2 Å².